The summed E-state index contributed by atoms with van der Waals surface area (Å²) in [5.41, 5.74) is 3.14. The molecule has 0 fully saturated rings. The molecule has 0 aliphatic rings. The van der Waals surface area contributed by atoms with Crippen LogP contribution in [0.4, 0.5) is 0 Å². The van der Waals surface area contributed by atoms with Gasteiger partial charge in [0.05, 0.1) is 0 Å². The standard InChI is InChI=1S/C17H18BO2/c1-13(2)17(19)20-16-10-8-14(9-11-16)12-18-15-6-4-3-5-7-15/h3-11H,1,12,18H2,2H3/q-1. The highest BCUT2D eigenvalue weighted by atomic mass is 16.5. The summed E-state index contributed by atoms with van der Waals surface area (Å²) < 4.78 is 5.17. The second-order valence-corrected chi connectivity index (χ2v) is 5.18. The normalized spacial score (nSPS) is 10.1. The van der Waals surface area contributed by atoms with Gasteiger partial charge in [0.25, 0.3) is 0 Å². The van der Waals surface area contributed by atoms with E-state index in [4.69, 9.17) is 4.74 Å². The van der Waals surface area contributed by atoms with E-state index >= 15 is 0 Å². The van der Waals surface area contributed by atoms with Crippen LogP contribution in [0.15, 0.2) is 66.7 Å². The Kier molecular flexibility index (Phi) is 4.77. The predicted molar refractivity (Wildman–Crippen MR) is 85.2 cm³/mol. The third-order valence-corrected chi connectivity index (χ3v) is 3.42. The van der Waals surface area contributed by atoms with Crippen molar-refractivity contribution < 1.29 is 9.53 Å². The van der Waals surface area contributed by atoms with Gasteiger partial charge in [-0.1, -0.05) is 54.6 Å². The summed E-state index contributed by atoms with van der Waals surface area (Å²) in [6, 6.07) is 18.3. The first-order valence-corrected chi connectivity index (χ1v) is 7.01. The van der Waals surface area contributed by atoms with Gasteiger partial charge in [0.2, 0.25) is 0 Å². The van der Waals surface area contributed by atoms with E-state index in [9.17, 15) is 4.79 Å². The maximum Gasteiger partial charge on any atom is 0.338 e. The summed E-state index contributed by atoms with van der Waals surface area (Å²) >= 11 is 0. The topological polar surface area (TPSA) is 26.3 Å². The molecular formula is C17H18BO2-. The van der Waals surface area contributed by atoms with Crippen LogP contribution in [0.1, 0.15) is 12.5 Å². The van der Waals surface area contributed by atoms with E-state index in [0.29, 0.717) is 11.3 Å². The average Bonchev–Trinajstić information content (AvgIpc) is 2.47. The number of hydrogen-bond donors (Lipinski definition) is 0. The molecule has 0 heterocycles. The van der Waals surface area contributed by atoms with E-state index in [2.05, 4.69) is 30.8 Å². The molecule has 0 atom stereocenters. The number of rotatable bonds is 5. The SMILES string of the molecule is C=C(C)C(=O)Oc1ccc(C[BH2-]c2ccccc2)cc1. The van der Waals surface area contributed by atoms with Crippen LogP contribution < -0.4 is 10.2 Å². The predicted octanol–water partition coefficient (Wildman–Crippen LogP) is 2.16. The van der Waals surface area contributed by atoms with E-state index in [1.807, 2.05) is 30.3 Å². The molecule has 2 rings (SSSR count). The molecule has 20 heavy (non-hydrogen) atoms. The van der Waals surface area contributed by atoms with Crippen LogP contribution >= 0.6 is 0 Å². The van der Waals surface area contributed by atoms with Gasteiger partial charge in [-0.15, -0.1) is 0 Å². The van der Waals surface area contributed by atoms with Gasteiger partial charge in [-0.05, 0) is 19.1 Å². The summed E-state index contributed by atoms with van der Waals surface area (Å²) in [4.78, 5) is 11.4. The largest absolute Gasteiger partial charge is 0.423 e. The molecular weight excluding hydrogens is 247 g/mol. The molecule has 0 aliphatic heterocycles. The minimum Gasteiger partial charge on any atom is -0.423 e. The highest BCUT2D eigenvalue weighted by Crippen LogP contribution is 2.13. The van der Waals surface area contributed by atoms with Crippen molar-refractivity contribution in [2.75, 3.05) is 0 Å². The second-order valence-electron chi connectivity index (χ2n) is 5.18. The smallest absolute Gasteiger partial charge is 0.338 e. The number of carbonyl (C=O) groups excluding carboxylic acids is 1. The Morgan fingerprint density at radius 1 is 1.10 bits per heavy atom. The Morgan fingerprint density at radius 2 is 1.75 bits per heavy atom. The van der Waals surface area contributed by atoms with Crippen LogP contribution in [0.5, 0.6) is 5.75 Å². The maximum atomic E-state index is 11.4. The highest BCUT2D eigenvalue weighted by molar-refractivity contribution is 6.52. The van der Waals surface area contributed by atoms with Crippen molar-refractivity contribution in [2.24, 2.45) is 0 Å². The molecule has 2 aromatic carbocycles. The molecule has 0 bridgehead atoms. The molecule has 0 unspecified atom stereocenters. The number of esters is 1. The fourth-order valence-corrected chi connectivity index (χ4v) is 2.17. The molecule has 3 heteroatoms. The lowest BCUT2D eigenvalue weighted by molar-refractivity contribution is -0.130. The van der Waals surface area contributed by atoms with Gasteiger partial charge in [0.1, 0.15) is 5.75 Å². The van der Waals surface area contributed by atoms with Crippen molar-refractivity contribution in [3.05, 3.63) is 72.3 Å². The van der Waals surface area contributed by atoms with Crippen molar-refractivity contribution in [3.8, 4) is 5.75 Å². The lowest BCUT2D eigenvalue weighted by Gasteiger charge is -2.09. The molecule has 0 amide bonds. The van der Waals surface area contributed by atoms with Crippen LogP contribution in [-0.4, -0.2) is 13.2 Å². The third-order valence-electron chi connectivity index (χ3n) is 3.42. The van der Waals surface area contributed by atoms with Crippen molar-refractivity contribution >= 4 is 18.7 Å². The van der Waals surface area contributed by atoms with Gasteiger partial charge in [-0.2, -0.15) is 6.32 Å². The quantitative estimate of drug-likeness (QED) is 0.358. The lowest BCUT2D eigenvalue weighted by Crippen LogP contribution is -2.15. The van der Waals surface area contributed by atoms with Crippen LogP contribution in [0.2, 0.25) is 0 Å². The minimum atomic E-state index is -0.379. The first-order valence-electron chi connectivity index (χ1n) is 7.01. The minimum absolute atomic E-state index is 0.150. The summed E-state index contributed by atoms with van der Waals surface area (Å²) in [5.74, 6) is 0.192. The molecule has 0 spiro atoms. The Bertz CT molecular complexity index is 588. The number of hydrogen-bond acceptors (Lipinski definition) is 2. The molecule has 0 radical (unpaired) electrons. The summed E-state index contributed by atoms with van der Waals surface area (Å²) in [7, 11) is -0.150. The fraction of sp³-hybridized carbons (Fsp3) is 0.118. The number of ether oxygens (including phenoxy) is 1. The highest BCUT2D eigenvalue weighted by Gasteiger charge is 2.04. The van der Waals surface area contributed by atoms with Crippen LogP contribution in [0.3, 0.4) is 0 Å². The molecule has 102 valence electrons. The van der Waals surface area contributed by atoms with Crippen molar-refractivity contribution in [3.63, 3.8) is 0 Å². The van der Waals surface area contributed by atoms with E-state index in [0.717, 1.165) is 6.32 Å². The van der Waals surface area contributed by atoms with Crippen molar-refractivity contribution in [1.82, 2.24) is 0 Å². The zero-order valence-corrected chi connectivity index (χ0v) is 11.9. The average molecular weight is 265 g/mol. The monoisotopic (exact) mass is 265 g/mol. The molecule has 0 aromatic heterocycles. The van der Waals surface area contributed by atoms with Crippen LogP contribution in [0, 0.1) is 0 Å². The Labute approximate surface area is 120 Å². The fourth-order valence-electron chi connectivity index (χ4n) is 2.17. The van der Waals surface area contributed by atoms with Crippen molar-refractivity contribution in [1.29, 1.82) is 0 Å². The summed E-state index contributed by atoms with van der Waals surface area (Å²) in [6.07, 6.45) is 1.10. The van der Waals surface area contributed by atoms with Gasteiger partial charge in [0, 0.05) is 12.9 Å². The van der Waals surface area contributed by atoms with E-state index in [-0.39, 0.29) is 13.2 Å². The Morgan fingerprint density at radius 3 is 2.35 bits per heavy atom. The van der Waals surface area contributed by atoms with E-state index in [1.54, 1.807) is 6.92 Å². The molecule has 2 aromatic rings. The molecule has 2 nitrogen and oxygen atoms in total. The van der Waals surface area contributed by atoms with Gasteiger partial charge in [0.15, 0.2) is 0 Å². The summed E-state index contributed by atoms with van der Waals surface area (Å²) in [6.45, 7) is 5.20. The Balaban J connectivity index is 1.91. The van der Waals surface area contributed by atoms with Gasteiger partial charge in [-0.25, -0.2) is 10.3 Å². The molecule has 0 saturated heterocycles. The van der Waals surface area contributed by atoms with Gasteiger partial charge >= 0.3 is 5.97 Å². The van der Waals surface area contributed by atoms with Gasteiger partial charge in [-0.3, -0.25) is 0 Å². The van der Waals surface area contributed by atoms with Crippen molar-refractivity contribution in [2.45, 2.75) is 13.2 Å². The zero-order chi connectivity index (χ0) is 14.4. The maximum absolute atomic E-state index is 11.4. The third kappa shape index (κ3) is 4.13. The Hall–Kier alpha value is -2.29. The number of benzene rings is 2. The van der Waals surface area contributed by atoms with E-state index < -0.39 is 0 Å². The second kappa shape index (κ2) is 6.76. The van der Waals surface area contributed by atoms with Crippen LogP contribution in [0.25, 0.3) is 0 Å². The summed E-state index contributed by atoms with van der Waals surface area (Å²) in [5, 5.41) is 0. The number of carbonyl (C=O) groups is 1. The van der Waals surface area contributed by atoms with E-state index in [1.165, 1.54) is 11.0 Å². The molecule has 0 aliphatic carbocycles. The first kappa shape index (κ1) is 14.1. The molecule has 0 saturated carbocycles. The first-order chi connectivity index (χ1) is 9.65. The molecule has 0 N–H and O–H groups in total. The lowest BCUT2D eigenvalue weighted by atomic mass is 9.65. The van der Waals surface area contributed by atoms with Gasteiger partial charge < -0.3 is 4.74 Å². The zero-order valence-electron chi connectivity index (χ0n) is 11.9. The van der Waals surface area contributed by atoms with Crippen LogP contribution in [-0.2, 0) is 11.1 Å².